The Balaban J connectivity index is 1.90. The van der Waals surface area contributed by atoms with Gasteiger partial charge in [0.25, 0.3) is 5.91 Å². The second-order valence-corrected chi connectivity index (χ2v) is 5.86. The van der Waals surface area contributed by atoms with E-state index in [2.05, 4.69) is 26.5 Å². The van der Waals surface area contributed by atoms with Crippen molar-refractivity contribution in [3.63, 3.8) is 0 Å². The molecule has 0 aliphatic carbocycles. The standard InChI is InChI=1S/C18H16BrN3O3/c1-12(14-5-8-17(24-2)16(19)9-14)21-22-18(23)11-25-15-6-3-13(10-20)4-7-15/h3-9H,11H2,1-2H3,(H,22,23)/b21-12-. The number of halogens is 1. The molecule has 2 rings (SSSR count). The number of nitrogens with zero attached hydrogens (tertiary/aromatic N) is 2. The molecule has 25 heavy (non-hydrogen) atoms. The van der Waals surface area contributed by atoms with Crippen LogP contribution in [-0.2, 0) is 4.79 Å². The molecule has 0 saturated carbocycles. The fourth-order valence-corrected chi connectivity index (χ4v) is 2.45. The molecule has 0 radical (unpaired) electrons. The highest BCUT2D eigenvalue weighted by molar-refractivity contribution is 9.10. The quantitative estimate of drug-likeness (QED) is 0.594. The Hall–Kier alpha value is -2.85. The molecule has 0 aromatic heterocycles. The van der Waals surface area contributed by atoms with Crippen LogP contribution in [0.1, 0.15) is 18.1 Å². The third-order valence-corrected chi connectivity index (χ3v) is 3.89. The fraction of sp³-hybridized carbons (Fsp3) is 0.167. The molecule has 0 aliphatic heterocycles. The first-order valence-electron chi connectivity index (χ1n) is 7.33. The number of nitrogens with one attached hydrogen (secondary N) is 1. The molecule has 128 valence electrons. The van der Waals surface area contributed by atoms with E-state index in [1.807, 2.05) is 24.3 Å². The minimum Gasteiger partial charge on any atom is -0.496 e. The lowest BCUT2D eigenvalue weighted by Gasteiger charge is -2.07. The summed E-state index contributed by atoms with van der Waals surface area (Å²) in [5.74, 6) is 0.849. The molecule has 1 N–H and O–H groups in total. The predicted octanol–water partition coefficient (Wildman–Crippen LogP) is 3.25. The highest BCUT2D eigenvalue weighted by atomic mass is 79.9. The summed E-state index contributed by atoms with van der Waals surface area (Å²) in [7, 11) is 1.59. The zero-order valence-electron chi connectivity index (χ0n) is 13.7. The molecule has 0 fully saturated rings. The van der Waals surface area contributed by atoms with Crippen LogP contribution in [0.15, 0.2) is 52.0 Å². The van der Waals surface area contributed by atoms with Crippen LogP contribution in [-0.4, -0.2) is 25.3 Å². The number of nitriles is 1. The Labute approximate surface area is 154 Å². The van der Waals surface area contributed by atoms with Gasteiger partial charge in [-0.25, -0.2) is 5.43 Å². The number of benzene rings is 2. The van der Waals surface area contributed by atoms with E-state index in [1.165, 1.54) is 0 Å². The van der Waals surface area contributed by atoms with Crippen molar-refractivity contribution >= 4 is 27.5 Å². The summed E-state index contributed by atoms with van der Waals surface area (Å²) < 4.78 is 11.3. The van der Waals surface area contributed by atoms with Crippen molar-refractivity contribution < 1.29 is 14.3 Å². The van der Waals surface area contributed by atoms with Gasteiger partial charge in [-0.05, 0) is 70.9 Å². The lowest BCUT2D eigenvalue weighted by atomic mass is 10.1. The number of amides is 1. The van der Waals surface area contributed by atoms with Crippen molar-refractivity contribution in [3.8, 4) is 17.6 Å². The average molecular weight is 402 g/mol. The van der Waals surface area contributed by atoms with Gasteiger partial charge in [0.15, 0.2) is 6.61 Å². The van der Waals surface area contributed by atoms with E-state index in [0.29, 0.717) is 17.0 Å². The summed E-state index contributed by atoms with van der Waals surface area (Å²) in [4.78, 5) is 11.8. The van der Waals surface area contributed by atoms with Crippen LogP contribution >= 0.6 is 15.9 Å². The molecule has 0 spiro atoms. The minimum absolute atomic E-state index is 0.172. The first-order chi connectivity index (χ1) is 12.0. The van der Waals surface area contributed by atoms with Crippen LogP contribution in [0, 0.1) is 11.3 Å². The van der Waals surface area contributed by atoms with Crippen molar-refractivity contribution in [1.29, 1.82) is 5.26 Å². The second kappa shape index (κ2) is 8.85. The summed E-state index contributed by atoms with van der Waals surface area (Å²) in [6, 6.07) is 14.0. The van der Waals surface area contributed by atoms with Gasteiger partial charge in [0, 0.05) is 0 Å². The normalized spacial score (nSPS) is 10.7. The van der Waals surface area contributed by atoms with Crippen LogP contribution in [0.2, 0.25) is 0 Å². The van der Waals surface area contributed by atoms with Crippen molar-refractivity contribution in [2.45, 2.75) is 6.92 Å². The number of ether oxygens (including phenoxy) is 2. The topological polar surface area (TPSA) is 83.7 Å². The Morgan fingerprint density at radius 3 is 2.60 bits per heavy atom. The molecule has 1 amide bonds. The molecule has 0 heterocycles. The molecule has 7 heteroatoms. The van der Waals surface area contributed by atoms with Crippen LogP contribution in [0.4, 0.5) is 0 Å². The van der Waals surface area contributed by atoms with Crippen LogP contribution in [0.5, 0.6) is 11.5 Å². The van der Waals surface area contributed by atoms with Gasteiger partial charge in [0.1, 0.15) is 11.5 Å². The molecular weight excluding hydrogens is 386 g/mol. The van der Waals surface area contributed by atoms with E-state index in [4.69, 9.17) is 14.7 Å². The van der Waals surface area contributed by atoms with Crippen LogP contribution in [0.25, 0.3) is 0 Å². The predicted molar refractivity (Wildman–Crippen MR) is 97.7 cm³/mol. The zero-order chi connectivity index (χ0) is 18.2. The van der Waals surface area contributed by atoms with Gasteiger partial charge < -0.3 is 9.47 Å². The molecule has 2 aromatic rings. The van der Waals surface area contributed by atoms with E-state index < -0.39 is 0 Å². The Kier molecular flexibility index (Phi) is 6.54. The first kappa shape index (κ1) is 18.5. The Morgan fingerprint density at radius 1 is 1.28 bits per heavy atom. The molecule has 6 nitrogen and oxygen atoms in total. The fourth-order valence-electron chi connectivity index (χ4n) is 1.91. The largest absolute Gasteiger partial charge is 0.496 e. The lowest BCUT2D eigenvalue weighted by molar-refractivity contribution is -0.123. The molecule has 0 saturated heterocycles. The first-order valence-corrected chi connectivity index (χ1v) is 8.13. The summed E-state index contributed by atoms with van der Waals surface area (Å²) in [6.45, 7) is 1.62. The summed E-state index contributed by atoms with van der Waals surface area (Å²) >= 11 is 3.41. The van der Waals surface area contributed by atoms with Crippen LogP contribution < -0.4 is 14.9 Å². The number of carbonyl (C=O) groups excluding carboxylic acids is 1. The highest BCUT2D eigenvalue weighted by Crippen LogP contribution is 2.25. The zero-order valence-corrected chi connectivity index (χ0v) is 15.3. The number of hydrazone groups is 1. The van der Waals surface area contributed by atoms with E-state index in [1.54, 1.807) is 38.3 Å². The van der Waals surface area contributed by atoms with E-state index in [0.717, 1.165) is 15.8 Å². The average Bonchev–Trinajstić information content (AvgIpc) is 2.64. The van der Waals surface area contributed by atoms with Gasteiger partial charge >= 0.3 is 0 Å². The van der Waals surface area contributed by atoms with Crippen molar-refractivity contribution in [3.05, 3.63) is 58.1 Å². The lowest BCUT2D eigenvalue weighted by Crippen LogP contribution is -2.25. The summed E-state index contributed by atoms with van der Waals surface area (Å²) in [5.41, 5.74) is 4.47. The Morgan fingerprint density at radius 2 is 2.00 bits per heavy atom. The van der Waals surface area contributed by atoms with Gasteiger partial charge in [0.2, 0.25) is 0 Å². The summed E-state index contributed by atoms with van der Waals surface area (Å²) in [6.07, 6.45) is 0. The van der Waals surface area contributed by atoms with E-state index >= 15 is 0 Å². The maximum atomic E-state index is 11.8. The Bertz CT molecular complexity index is 826. The van der Waals surface area contributed by atoms with Crippen molar-refractivity contribution in [2.75, 3.05) is 13.7 Å². The number of methoxy groups -OCH3 is 1. The monoisotopic (exact) mass is 401 g/mol. The van der Waals surface area contributed by atoms with E-state index in [-0.39, 0.29) is 12.5 Å². The highest BCUT2D eigenvalue weighted by Gasteiger charge is 2.06. The molecular formula is C18H16BrN3O3. The van der Waals surface area contributed by atoms with Gasteiger partial charge in [-0.15, -0.1) is 0 Å². The second-order valence-electron chi connectivity index (χ2n) is 5.01. The van der Waals surface area contributed by atoms with E-state index in [9.17, 15) is 4.79 Å². The van der Waals surface area contributed by atoms with Gasteiger partial charge in [-0.1, -0.05) is 0 Å². The third kappa shape index (κ3) is 5.33. The molecule has 0 unspecified atom stereocenters. The third-order valence-electron chi connectivity index (χ3n) is 3.27. The van der Waals surface area contributed by atoms with Gasteiger partial charge in [-0.3, -0.25) is 4.79 Å². The molecule has 0 bridgehead atoms. The van der Waals surface area contributed by atoms with Crippen molar-refractivity contribution in [2.24, 2.45) is 5.10 Å². The SMILES string of the molecule is COc1ccc(/C(C)=N\NC(=O)COc2ccc(C#N)cc2)cc1Br. The smallest absolute Gasteiger partial charge is 0.277 e. The number of rotatable bonds is 6. The minimum atomic E-state index is -0.378. The van der Waals surface area contributed by atoms with Crippen LogP contribution in [0.3, 0.4) is 0 Å². The number of hydrogen-bond donors (Lipinski definition) is 1. The van der Waals surface area contributed by atoms with Gasteiger partial charge in [0.05, 0.1) is 28.9 Å². The van der Waals surface area contributed by atoms with Gasteiger partial charge in [-0.2, -0.15) is 10.4 Å². The number of carbonyl (C=O) groups is 1. The summed E-state index contributed by atoms with van der Waals surface area (Å²) in [5, 5.41) is 12.8. The number of hydrogen-bond acceptors (Lipinski definition) is 5. The van der Waals surface area contributed by atoms with Crippen molar-refractivity contribution in [1.82, 2.24) is 5.43 Å². The maximum Gasteiger partial charge on any atom is 0.277 e. The molecule has 0 atom stereocenters. The maximum absolute atomic E-state index is 11.8. The molecule has 0 aliphatic rings. The molecule has 2 aromatic carbocycles.